The van der Waals surface area contributed by atoms with Crippen LogP contribution in [0.4, 0.5) is 4.39 Å². The second kappa shape index (κ2) is 11.7. The summed E-state index contributed by atoms with van der Waals surface area (Å²) in [5.41, 5.74) is 0.738. The number of ether oxygens (including phenoxy) is 1. The van der Waals surface area contributed by atoms with Gasteiger partial charge in [0.05, 0.1) is 0 Å². The van der Waals surface area contributed by atoms with E-state index in [1.165, 1.54) is 17.0 Å². The van der Waals surface area contributed by atoms with E-state index in [0.29, 0.717) is 12.3 Å². The molecule has 0 heterocycles. The molecule has 2 rings (SSSR count). The lowest BCUT2D eigenvalue weighted by molar-refractivity contribution is -0.142. The summed E-state index contributed by atoms with van der Waals surface area (Å²) in [5, 5.41) is 2.86. The molecular formula is C22H26FIN2O3. The van der Waals surface area contributed by atoms with Crippen LogP contribution in [0.5, 0.6) is 5.75 Å². The van der Waals surface area contributed by atoms with E-state index >= 15 is 0 Å². The molecule has 29 heavy (non-hydrogen) atoms. The molecule has 5 nitrogen and oxygen atoms in total. The van der Waals surface area contributed by atoms with Gasteiger partial charge in [-0.05, 0) is 77.9 Å². The summed E-state index contributed by atoms with van der Waals surface area (Å²) < 4.78 is 19.9. The Balaban J connectivity index is 2.08. The average molecular weight is 512 g/mol. The Morgan fingerprint density at radius 3 is 2.41 bits per heavy atom. The molecule has 0 aromatic heterocycles. The fourth-order valence-corrected chi connectivity index (χ4v) is 3.02. The molecule has 1 atom stereocenters. The number of amides is 2. The molecule has 0 radical (unpaired) electrons. The molecule has 2 aromatic carbocycles. The van der Waals surface area contributed by atoms with E-state index < -0.39 is 6.04 Å². The standard InChI is InChI=1S/C22H26FIN2O3/c1-3-4-13-25-22(28)16(2)26(14-17-5-7-18(23)8-6-17)21(27)15-29-20-11-9-19(24)10-12-20/h5-12,16H,3-4,13-15H2,1-2H3,(H,25,28)/t16-/m0/s1. The van der Waals surface area contributed by atoms with Crippen LogP contribution in [0.25, 0.3) is 0 Å². The molecule has 0 aliphatic rings. The zero-order chi connectivity index (χ0) is 21.2. The van der Waals surface area contributed by atoms with Gasteiger partial charge in [-0.25, -0.2) is 4.39 Å². The summed E-state index contributed by atoms with van der Waals surface area (Å²) in [5.74, 6) is -0.297. The van der Waals surface area contributed by atoms with Gasteiger partial charge in [0, 0.05) is 16.7 Å². The molecule has 0 spiro atoms. The molecule has 0 unspecified atom stereocenters. The lowest BCUT2D eigenvalue weighted by Crippen LogP contribution is -2.49. The molecule has 156 valence electrons. The number of carbonyl (C=O) groups is 2. The van der Waals surface area contributed by atoms with Gasteiger partial charge in [-0.1, -0.05) is 25.5 Å². The number of nitrogens with zero attached hydrogens (tertiary/aromatic N) is 1. The summed E-state index contributed by atoms with van der Waals surface area (Å²) >= 11 is 2.19. The van der Waals surface area contributed by atoms with Gasteiger partial charge in [0.1, 0.15) is 17.6 Å². The number of nitrogens with one attached hydrogen (secondary N) is 1. The molecule has 2 aromatic rings. The number of rotatable bonds is 10. The third-order valence-electron chi connectivity index (χ3n) is 4.44. The van der Waals surface area contributed by atoms with E-state index in [1.807, 2.05) is 19.1 Å². The highest BCUT2D eigenvalue weighted by Gasteiger charge is 2.26. The van der Waals surface area contributed by atoms with Crippen molar-refractivity contribution in [2.75, 3.05) is 13.2 Å². The van der Waals surface area contributed by atoms with Gasteiger partial charge < -0.3 is 15.0 Å². The van der Waals surface area contributed by atoms with Crippen molar-refractivity contribution in [2.24, 2.45) is 0 Å². The summed E-state index contributed by atoms with van der Waals surface area (Å²) in [6, 6.07) is 12.6. The van der Waals surface area contributed by atoms with E-state index in [-0.39, 0.29) is 30.8 Å². The maximum atomic E-state index is 13.2. The SMILES string of the molecule is CCCCNC(=O)[C@H](C)N(Cc1ccc(F)cc1)C(=O)COc1ccc(I)cc1. The van der Waals surface area contributed by atoms with Gasteiger partial charge >= 0.3 is 0 Å². The van der Waals surface area contributed by atoms with Crippen LogP contribution in [-0.4, -0.2) is 35.9 Å². The third-order valence-corrected chi connectivity index (χ3v) is 5.16. The molecule has 0 aliphatic heterocycles. The first-order valence-electron chi connectivity index (χ1n) is 9.60. The zero-order valence-corrected chi connectivity index (χ0v) is 18.8. The van der Waals surface area contributed by atoms with E-state index in [2.05, 4.69) is 27.9 Å². The largest absolute Gasteiger partial charge is 0.484 e. The van der Waals surface area contributed by atoms with E-state index in [0.717, 1.165) is 22.0 Å². The monoisotopic (exact) mass is 512 g/mol. The Hall–Kier alpha value is -2.16. The van der Waals surface area contributed by atoms with Crippen LogP contribution < -0.4 is 10.1 Å². The van der Waals surface area contributed by atoms with Crippen molar-refractivity contribution < 1.29 is 18.7 Å². The van der Waals surface area contributed by atoms with Crippen LogP contribution >= 0.6 is 22.6 Å². The Labute approximate surface area is 184 Å². The fraction of sp³-hybridized carbons (Fsp3) is 0.364. The van der Waals surface area contributed by atoms with Crippen molar-refractivity contribution in [2.45, 2.75) is 39.3 Å². The first kappa shape index (κ1) is 23.1. The van der Waals surface area contributed by atoms with Crippen LogP contribution in [0.15, 0.2) is 48.5 Å². The van der Waals surface area contributed by atoms with E-state index in [9.17, 15) is 14.0 Å². The van der Waals surface area contributed by atoms with Gasteiger partial charge in [0.15, 0.2) is 6.61 Å². The van der Waals surface area contributed by atoms with Crippen molar-refractivity contribution in [3.63, 3.8) is 0 Å². The van der Waals surface area contributed by atoms with Crippen molar-refractivity contribution >= 4 is 34.4 Å². The lowest BCUT2D eigenvalue weighted by atomic mass is 10.1. The van der Waals surface area contributed by atoms with Gasteiger partial charge in [-0.3, -0.25) is 9.59 Å². The van der Waals surface area contributed by atoms with Crippen molar-refractivity contribution in [1.29, 1.82) is 0 Å². The van der Waals surface area contributed by atoms with Gasteiger partial charge in [-0.15, -0.1) is 0 Å². The molecule has 0 saturated carbocycles. The third kappa shape index (κ3) is 7.64. The smallest absolute Gasteiger partial charge is 0.261 e. The van der Waals surface area contributed by atoms with Gasteiger partial charge in [0.2, 0.25) is 5.91 Å². The van der Waals surface area contributed by atoms with Crippen molar-refractivity contribution in [3.8, 4) is 5.75 Å². The highest BCUT2D eigenvalue weighted by Crippen LogP contribution is 2.15. The molecule has 0 saturated heterocycles. The molecule has 7 heteroatoms. The van der Waals surface area contributed by atoms with E-state index in [1.54, 1.807) is 31.2 Å². The lowest BCUT2D eigenvalue weighted by Gasteiger charge is -2.28. The molecule has 0 aliphatic carbocycles. The van der Waals surface area contributed by atoms with Crippen LogP contribution in [0.1, 0.15) is 32.3 Å². The summed E-state index contributed by atoms with van der Waals surface area (Å²) in [6.45, 7) is 4.30. The number of unbranched alkanes of at least 4 members (excludes halogenated alkanes) is 1. The van der Waals surface area contributed by atoms with Crippen LogP contribution in [0, 0.1) is 9.39 Å². The quantitative estimate of drug-likeness (QED) is 0.385. The van der Waals surface area contributed by atoms with Crippen molar-refractivity contribution in [3.05, 3.63) is 63.5 Å². The molecule has 0 bridgehead atoms. The average Bonchev–Trinajstić information content (AvgIpc) is 2.72. The van der Waals surface area contributed by atoms with Gasteiger partial charge in [-0.2, -0.15) is 0 Å². The van der Waals surface area contributed by atoms with Crippen LogP contribution in [-0.2, 0) is 16.1 Å². The minimum absolute atomic E-state index is 0.186. The number of carbonyl (C=O) groups excluding carboxylic acids is 2. The number of benzene rings is 2. The Bertz CT molecular complexity index is 797. The second-order valence-electron chi connectivity index (χ2n) is 6.71. The predicted molar refractivity (Wildman–Crippen MR) is 119 cm³/mol. The highest BCUT2D eigenvalue weighted by atomic mass is 127. The zero-order valence-electron chi connectivity index (χ0n) is 16.7. The second-order valence-corrected chi connectivity index (χ2v) is 7.96. The van der Waals surface area contributed by atoms with Crippen LogP contribution in [0.2, 0.25) is 0 Å². The Morgan fingerprint density at radius 1 is 1.14 bits per heavy atom. The summed E-state index contributed by atoms with van der Waals surface area (Å²) in [7, 11) is 0. The molecule has 0 fully saturated rings. The van der Waals surface area contributed by atoms with E-state index in [4.69, 9.17) is 4.74 Å². The maximum Gasteiger partial charge on any atom is 0.261 e. The molecule has 2 amide bonds. The first-order chi connectivity index (χ1) is 13.9. The normalized spacial score (nSPS) is 11.6. The minimum Gasteiger partial charge on any atom is -0.484 e. The predicted octanol–water partition coefficient (Wildman–Crippen LogP) is 4.14. The molecule has 1 N–H and O–H groups in total. The Morgan fingerprint density at radius 2 is 1.79 bits per heavy atom. The van der Waals surface area contributed by atoms with Crippen molar-refractivity contribution in [1.82, 2.24) is 10.2 Å². The summed E-state index contributed by atoms with van der Waals surface area (Å²) in [4.78, 5) is 26.8. The Kier molecular flexibility index (Phi) is 9.37. The van der Waals surface area contributed by atoms with Crippen LogP contribution in [0.3, 0.4) is 0 Å². The van der Waals surface area contributed by atoms with Gasteiger partial charge in [0.25, 0.3) is 5.91 Å². The minimum atomic E-state index is -0.676. The maximum absolute atomic E-state index is 13.2. The molecular weight excluding hydrogens is 486 g/mol. The summed E-state index contributed by atoms with van der Waals surface area (Å²) in [6.07, 6.45) is 1.84. The topological polar surface area (TPSA) is 58.6 Å². The first-order valence-corrected chi connectivity index (χ1v) is 10.7. The number of halogens is 2. The fourth-order valence-electron chi connectivity index (χ4n) is 2.66. The number of hydrogen-bond donors (Lipinski definition) is 1. The number of hydrogen-bond acceptors (Lipinski definition) is 3. The highest BCUT2D eigenvalue weighted by molar-refractivity contribution is 14.1.